The van der Waals surface area contributed by atoms with Crippen LogP contribution in [0.1, 0.15) is 22.5 Å². The molecule has 5 heteroatoms. The zero-order valence-electron chi connectivity index (χ0n) is 12.8. The number of hydrogen-bond donors (Lipinski definition) is 1. The lowest BCUT2D eigenvalue weighted by Gasteiger charge is -2.07. The first-order valence-corrected chi connectivity index (χ1v) is 7.08. The summed E-state index contributed by atoms with van der Waals surface area (Å²) in [6, 6.07) is 6.64. The third-order valence-corrected chi connectivity index (χ3v) is 3.54. The van der Waals surface area contributed by atoms with Gasteiger partial charge in [-0.25, -0.2) is 4.39 Å². The van der Waals surface area contributed by atoms with Crippen LogP contribution in [-0.4, -0.2) is 30.0 Å². The van der Waals surface area contributed by atoms with Crippen molar-refractivity contribution >= 4 is 0 Å². The quantitative estimate of drug-likeness (QED) is 0.796. The predicted molar refractivity (Wildman–Crippen MR) is 80.8 cm³/mol. The van der Waals surface area contributed by atoms with E-state index in [-0.39, 0.29) is 5.82 Å². The van der Waals surface area contributed by atoms with Crippen molar-refractivity contribution in [1.82, 2.24) is 15.1 Å². The molecule has 4 nitrogen and oxygen atoms in total. The molecule has 2 rings (SSSR count). The fourth-order valence-electron chi connectivity index (χ4n) is 2.34. The van der Waals surface area contributed by atoms with Crippen LogP contribution in [0.3, 0.4) is 0 Å². The van der Waals surface area contributed by atoms with E-state index in [1.54, 1.807) is 19.2 Å². The minimum Gasteiger partial charge on any atom is -0.383 e. The van der Waals surface area contributed by atoms with Crippen LogP contribution in [0.5, 0.6) is 0 Å². The van der Waals surface area contributed by atoms with Gasteiger partial charge in [-0.15, -0.1) is 0 Å². The summed E-state index contributed by atoms with van der Waals surface area (Å²) < 4.78 is 20.2. The van der Waals surface area contributed by atoms with Crippen molar-refractivity contribution in [2.75, 3.05) is 20.3 Å². The number of methoxy groups -OCH3 is 1. The molecule has 114 valence electrons. The molecule has 0 aliphatic carbocycles. The standard InChI is InChI=1S/C16H22FN3O/c1-12-16(10-18-7-8-21-3)13(2)20(19-12)11-14-5-4-6-15(17)9-14/h4-6,9,18H,7-8,10-11H2,1-3H3. The van der Waals surface area contributed by atoms with E-state index in [2.05, 4.69) is 10.4 Å². The second-order valence-corrected chi connectivity index (χ2v) is 5.11. The van der Waals surface area contributed by atoms with Crippen LogP contribution in [0.25, 0.3) is 0 Å². The summed E-state index contributed by atoms with van der Waals surface area (Å²) in [4.78, 5) is 0. The van der Waals surface area contributed by atoms with Gasteiger partial charge in [0.15, 0.2) is 0 Å². The zero-order chi connectivity index (χ0) is 15.2. The molecule has 0 unspecified atom stereocenters. The Kier molecular flexibility index (Phi) is 5.47. The van der Waals surface area contributed by atoms with Gasteiger partial charge in [-0.3, -0.25) is 4.68 Å². The largest absolute Gasteiger partial charge is 0.383 e. The maximum Gasteiger partial charge on any atom is 0.123 e. The Morgan fingerprint density at radius 2 is 2.14 bits per heavy atom. The fraction of sp³-hybridized carbons (Fsp3) is 0.438. The number of hydrogen-bond acceptors (Lipinski definition) is 3. The van der Waals surface area contributed by atoms with Crippen LogP contribution in [0, 0.1) is 19.7 Å². The number of nitrogens with zero attached hydrogens (tertiary/aromatic N) is 2. The topological polar surface area (TPSA) is 39.1 Å². The highest BCUT2D eigenvalue weighted by Crippen LogP contribution is 2.15. The molecule has 0 aliphatic rings. The average Bonchev–Trinajstić information content (AvgIpc) is 2.70. The van der Waals surface area contributed by atoms with E-state index in [1.807, 2.05) is 24.6 Å². The lowest BCUT2D eigenvalue weighted by Crippen LogP contribution is -2.19. The number of benzene rings is 1. The molecule has 1 heterocycles. The Balaban J connectivity index is 2.07. The second-order valence-electron chi connectivity index (χ2n) is 5.11. The summed E-state index contributed by atoms with van der Waals surface area (Å²) in [6.07, 6.45) is 0. The molecule has 0 amide bonds. The molecular weight excluding hydrogens is 269 g/mol. The van der Waals surface area contributed by atoms with Gasteiger partial charge >= 0.3 is 0 Å². The van der Waals surface area contributed by atoms with Crippen molar-refractivity contribution in [3.63, 3.8) is 0 Å². The first-order valence-electron chi connectivity index (χ1n) is 7.08. The maximum absolute atomic E-state index is 13.2. The van der Waals surface area contributed by atoms with Crippen molar-refractivity contribution in [1.29, 1.82) is 0 Å². The van der Waals surface area contributed by atoms with Gasteiger partial charge in [0.05, 0.1) is 18.8 Å². The van der Waals surface area contributed by atoms with Gasteiger partial charge in [0.1, 0.15) is 5.82 Å². The third kappa shape index (κ3) is 4.12. The monoisotopic (exact) mass is 291 g/mol. The van der Waals surface area contributed by atoms with Gasteiger partial charge in [0.25, 0.3) is 0 Å². The molecule has 0 saturated heterocycles. The highest BCUT2D eigenvalue weighted by molar-refractivity contribution is 5.26. The molecule has 1 aromatic heterocycles. The van der Waals surface area contributed by atoms with E-state index in [0.717, 1.165) is 30.0 Å². The highest BCUT2D eigenvalue weighted by atomic mass is 19.1. The first-order chi connectivity index (χ1) is 10.1. The molecular formula is C16H22FN3O. The minimum absolute atomic E-state index is 0.213. The second kappa shape index (κ2) is 7.33. The van der Waals surface area contributed by atoms with Crippen molar-refractivity contribution < 1.29 is 9.13 Å². The summed E-state index contributed by atoms with van der Waals surface area (Å²) in [7, 11) is 1.69. The Bertz CT molecular complexity index is 595. The van der Waals surface area contributed by atoms with Crippen LogP contribution in [0.2, 0.25) is 0 Å². The molecule has 0 bridgehead atoms. The summed E-state index contributed by atoms with van der Waals surface area (Å²) in [5, 5.41) is 7.89. The molecule has 0 saturated carbocycles. The van der Waals surface area contributed by atoms with Gasteiger partial charge in [0, 0.05) is 31.5 Å². The van der Waals surface area contributed by atoms with Crippen LogP contribution < -0.4 is 5.32 Å². The number of aromatic nitrogens is 2. The maximum atomic E-state index is 13.2. The minimum atomic E-state index is -0.213. The molecule has 0 radical (unpaired) electrons. The summed E-state index contributed by atoms with van der Waals surface area (Å²) in [5.41, 5.74) is 4.23. The van der Waals surface area contributed by atoms with Gasteiger partial charge < -0.3 is 10.1 Å². The number of ether oxygens (including phenoxy) is 1. The third-order valence-electron chi connectivity index (χ3n) is 3.54. The zero-order valence-corrected chi connectivity index (χ0v) is 12.8. The molecule has 0 aliphatic heterocycles. The number of aryl methyl sites for hydroxylation is 1. The van der Waals surface area contributed by atoms with Crippen molar-refractivity contribution in [2.45, 2.75) is 26.9 Å². The summed E-state index contributed by atoms with van der Waals surface area (Å²) >= 11 is 0. The molecule has 2 aromatic rings. The van der Waals surface area contributed by atoms with Crippen LogP contribution in [0.4, 0.5) is 4.39 Å². The van der Waals surface area contributed by atoms with Crippen molar-refractivity contribution in [3.8, 4) is 0 Å². The van der Waals surface area contributed by atoms with Crippen LogP contribution in [0.15, 0.2) is 24.3 Å². The normalized spacial score (nSPS) is 11.0. The molecule has 0 fully saturated rings. The van der Waals surface area contributed by atoms with Crippen molar-refractivity contribution in [2.24, 2.45) is 0 Å². The average molecular weight is 291 g/mol. The Labute approximate surface area is 124 Å². The Hall–Kier alpha value is -1.72. The van der Waals surface area contributed by atoms with E-state index >= 15 is 0 Å². The Morgan fingerprint density at radius 3 is 2.86 bits per heavy atom. The summed E-state index contributed by atoms with van der Waals surface area (Å²) in [5.74, 6) is -0.213. The lowest BCUT2D eigenvalue weighted by atomic mass is 10.2. The van der Waals surface area contributed by atoms with Crippen molar-refractivity contribution in [3.05, 3.63) is 52.6 Å². The fourth-order valence-corrected chi connectivity index (χ4v) is 2.34. The SMILES string of the molecule is COCCNCc1c(C)nn(Cc2cccc(F)c2)c1C. The molecule has 21 heavy (non-hydrogen) atoms. The van der Waals surface area contributed by atoms with Crippen LogP contribution >= 0.6 is 0 Å². The highest BCUT2D eigenvalue weighted by Gasteiger charge is 2.11. The molecule has 0 atom stereocenters. The van der Waals surface area contributed by atoms with E-state index < -0.39 is 0 Å². The number of rotatable bonds is 7. The van der Waals surface area contributed by atoms with E-state index in [1.165, 1.54) is 11.6 Å². The molecule has 0 spiro atoms. The summed E-state index contributed by atoms with van der Waals surface area (Å²) in [6.45, 7) is 6.90. The van der Waals surface area contributed by atoms with E-state index in [4.69, 9.17) is 4.74 Å². The van der Waals surface area contributed by atoms with E-state index in [0.29, 0.717) is 13.2 Å². The van der Waals surface area contributed by atoms with Gasteiger partial charge in [-0.05, 0) is 31.5 Å². The van der Waals surface area contributed by atoms with E-state index in [9.17, 15) is 4.39 Å². The lowest BCUT2D eigenvalue weighted by molar-refractivity contribution is 0.199. The smallest absolute Gasteiger partial charge is 0.123 e. The molecule has 1 N–H and O–H groups in total. The van der Waals surface area contributed by atoms with Gasteiger partial charge in [0.2, 0.25) is 0 Å². The predicted octanol–water partition coefficient (Wildman–Crippen LogP) is 2.42. The number of halogens is 1. The van der Waals surface area contributed by atoms with Gasteiger partial charge in [-0.1, -0.05) is 12.1 Å². The molecule has 1 aromatic carbocycles. The van der Waals surface area contributed by atoms with Gasteiger partial charge in [-0.2, -0.15) is 5.10 Å². The Morgan fingerprint density at radius 1 is 1.33 bits per heavy atom. The van der Waals surface area contributed by atoms with Crippen LogP contribution in [-0.2, 0) is 17.8 Å². The first kappa shape index (κ1) is 15.7. The number of nitrogens with one attached hydrogen (secondary N) is 1.